The van der Waals surface area contributed by atoms with Gasteiger partial charge in [-0.25, -0.2) is 10.4 Å². The molecule has 0 spiro atoms. The lowest BCUT2D eigenvalue weighted by molar-refractivity contribution is 0.102. The van der Waals surface area contributed by atoms with Crippen LogP contribution in [0.3, 0.4) is 0 Å². The molecule has 0 saturated heterocycles. The van der Waals surface area contributed by atoms with Crippen LogP contribution in [0.15, 0.2) is 71.7 Å². The number of hydrogen-bond acceptors (Lipinski definition) is 6. The Labute approximate surface area is 177 Å². The van der Waals surface area contributed by atoms with Crippen molar-refractivity contribution in [3.63, 3.8) is 0 Å². The van der Waals surface area contributed by atoms with Crippen molar-refractivity contribution in [3.05, 3.63) is 88.3 Å². The molecule has 0 fully saturated rings. The zero-order valence-corrected chi connectivity index (χ0v) is 16.7. The summed E-state index contributed by atoms with van der Waals surface area (Å²) in [6.07, 6.45) is 1.65. The molecule has 8 nitrogen and oxygen atoms in total. The average molecular weight is 412 g/mol. The summed E-state index contributed by atoms with van der Waals surface area (Å²) in [7, 11) is 0. The van der Waals surface area contributed by atoms with E-state index in [2.05, 4.69) is 31.5 Å². The Morgan fingerprint density at radius 1 is 1.00 bits per heavy atom. The second-order valence-electron chi connectivity index (χ2n) is 7.34. The van der Waals surface area contributed by atoms with Crippen LogP contribution in [0, 0.1) is 0 Å². The minimum atomic E-state index is -0.206. The zero-order valence-electron chi connectivity index (χ0n) is 16.7. The molecule has 2 aromatic heterocycles. The molecule has 8 heteroatoms. The Bertz CT molecular complexity index is 1330. The number of hydrazine groups is 1. The van der Waals surface area contributed by atoms with Crippen LogP contribution in [0.25, 0.3) is 11.0 Å². The van der Waals surface area contributed by atoms with Crippen LogP contribution in [0.4, 0.5) is 22.7 Å². The quantitative estimate of drug-likeness (QED) is 0.348. The molecule has 5 rings (SSSR count). The summed E-state index contributed by atoms with van der Waals surface area (Å²) in [6.45, 7) is 1.98. The molecule has 3 heterocycles. The van der Waals surface area contributed by atoms with Crippen LogP contribution >= 0.6 is 0 Å². The molecule has 0 saturated carbocycles. The first kappa shape index (κ1) is 18.8. The van der Waals surface area contributed by atoms with Gasteiger partial charge >= 0.3 is 0 Å². The lowest BCUT2D eigenvalue weighted by atomic mass is 10.0. The first-order valence-corrected chi connectivity index (χ1v) is 9.90. The van der Waals surface area contributed by atoms with E-state index in [4.69, 9.17) is 0 Å². The van der Waals surface area contributed by atoms with Crippen LogP contribution < -0.4 is 27.0 Å². The van der Waals surface area contributed by atoms with Gasteiger partial charge in [-0.2, -0.15) is 0 Å². The van der Waals surface area contributed by atoms with Crippen molar-refractivity contribution in [1.82, 2.24) is 15.4 Å². The Kier molecular flexibility index (Phi) is 4.61. The van der Waals surface area contributed by atoms with Gasteiger partial charge in [-0.05, 0) is 49.4 Å². The number of aromatic nitrogens is 2. The van der Waals surface area contributed by atoms with E-state index in [0.717, 1.165) is 22.3 Å². The minimum absolute atomic E-state index is 0.0416. The van der Waals surface area contributed by atoms with E-state index in [-0.39, 0.29) is 17.5 Å². The maximum Gasteiger partial charge on any atom is 0.274 e. The van der Waals surface area contributed by atoms with E-state index in [1.165, 1.54) is 0 Å². The van der Waals surface area contributed by atoms with Gasteiger partial charge in [-0.1, -0.05) is 18.2 Å². The third-order valence-electron chi connectivity index (χ3n) is 5.25. The molecule has 0 radical (unpaired) electrons. The molecule has 1 unspecified atom stereocenters. The van der Waals surface area contributed by atoms with Crippen LogP contribution in [-0.4, -0.2) is 15.9 Å². The number of H-pyrrole nitrogens is 1. The van der Waals surface area contributed by atoms with Gasteiger partial charge in [0.15, 0.2) is 0 Å². The van der Waals surface area contributed by atoms with E-state index < -0.39 is 0 Å². The number of aromatic amines is 1. The van der Waals surface area contributed by atoms with Gasteiger partial charge in [0.1, 0.15) is 11.3 Å². The van der Waals surface area contributed by atoms with Gasteiger partial charge in [0.2, 0.25) is 0 Å². The summed E-state index contributed by atoms with van der Waals surface area (Å²) >= 11 is 0. The maximum absolute atomic E-state index is 12.3. The number of carbonyl (C=O) groups excluding carboxylic acids is 1. The SMILES string of the molecule is CC1NNc2c1c1c(Nc3ccc(NC(=O)c4ccccc4)cc3)ccnc1[nH]c2=O. The normalized spacial score (nSPS) is 14.7. The molecule has 1 aliphatic rings. The highest BCUT2D eigenvalue weighted by Gasteiger charge is 2.25. The highest BCUT2D eigenvalue weighted by molar-refractivity contribution is 6.04. The van der Waals surface area contributed by atoms with Crippen LogP contribution in [0.2, 0.25) is 0 Å². The number of benzene rings is 2. The molecule has 0 aliphatic carbocycles. The topological polar surface area (TPSA) is 111 Å². The third kappa shape index (κ3) is 3.49. The molecule has 4 aromatic rings. The highest BCUT2D eigenvalue weighted by Crippen LogP contribution is 2.36. The molecule has 1 amide bonds. The van der Waals surface area contributed by atoms with Gasteiger partial charge in [0.25, 0.3) is 11.5 Å². The number of anilines is 4. The van der Waals surface area contributed by atoms with Gasteiger partial charge in [-0.3, -0.25) is 9.59 Å². The smallest absolute Gasteiger partial charge is 0.274 e. The molecule has 5 N–H and O–H groups in total. The van der Waals surface area contributed by atoms with Gasteiger partial charge < -0.3 is 21.0 Å². The summed E-state index contributed by atoms with van der Waals surface area (Å²) in [5, 5.41) is 7.14. The lowest BCUT2D eigenvalue weighted by Gasteiger charge is -2.14. The Balaban J connectivity index is 1.43. The van der Waals surface area contributed by atoms with Gasteiger partial charge in [0, 0.05) is 34.1 Å². The Morgan fingerprint density at radius 2 is 1.74 bits per heavy atom. The monoisotopic (exact) mass is 412 g/mol. The maximum atomic E-state index is 12.3. The van der Waals surface area contributed by atoms with Crippen molar-refractivity contribution in [2.45, 2.75) is 13.0 Å². The van der Waals surface area contributed by atoms with E-state index in [1.807, 2.05) is 55.5 Å². The van der Waals surface area contributed by atoms with Crippen molar-refractivity contribution in [1.29, 1.82) is 0 Å². The molecule has 2 aromatic carbocycles. The predicted molar refractivity (Wildman–Crippen MR) is 122 cm³/mol. The number of rotatable bonds is 4. The van der Waals surface area contributed by atoms with Crippen molar-refractivity contribution < 1.29 is 4.79 Å². The van der Waals surface area contributed by atoms with E-state index in [1.54, 1.807) is 18.3 Å². The zero-order chi connectivity index (χ0) is 21.4. The highest BCUT2D eigenvalue weighted by atomic mass is 16.1. The number of nitrogens with zero attached hydrogens (tertiary/aromatic N) is 1. The van der Waals surface area contributed by atoms with Crippen molar-refractivity contribution in [2.24, 2.45) is 0 Å². The second-order valence-corrected chi connectivity index (χ2v) is 7.34. The van der Waals surface area contributed by atoms with Crippen LogP contribution in [-0.2, 0) is 0 Å². The van der Waals surface area contributed by atoms with Crippen LogP contribution in [0.5, 0.6) is 0 Å². The lowest BCUT2D eigenvalue weighted by Crippen LogP contribution is -2.18. The summed E-state index contributed by atoms with van der Waals surface area (Å²) in [5.41, 5.74) is 10.7. The summed E-state index contributed by atoms with van der Waals surface area (Å²) in [6, 6.07) is 18.4. The number of fused-ring (bicyclic) bond motifs is 3. The third-order valence-corrected chi connectivity index (χ3v) is 5.25. The van der Waals surface area contributed by atoms with Gasteiger partial charge in [0.05, 0.1) is 11.7 Å². The molecule has 1 atom stereocenters. The van der Waals surface area contributed by atoms with Crippen LogP contribution in [0.1, 0.15) is 28.9 Å². The Morgan fingerprint density at radius 3 is 2.52 bits per heavy atom. The second kappa shape index (κ2) is 7.58. The number of carbonyl (C=O) groups is 1. The molecule has 1 aliphatic heterocycles. The van der Waals surface area contributed by atoms with Crippen molar-refractivity contribution in [3.8, 4) is 0 Å². The van der Waals surface area contributed by atoms with E-state index >= 15 is 0 Å². The summed E-state index contributed by atoms with van der Waals surface area (Å²) in [4.78, 5) is 31.8. The molecule has 31 heavy (non-hydrogen) atoms. The fraction of sp³-hybridized carbons (Fsp3) is 0.0870. The summed E-state index contributed by atoms with van der Waals surface area (Å²) < 4.78 is 0. The Hall–Kier alpha value is -4.17. The van der Waals surface area contributed by atoms with Crippen molar-refractivity contribution in [2.75, 3.05) is 16.1 Å². The van der Waals surface area contributed by atoms with Crippen molar-refractivity contribution >= 4 is 39.7 Å². The fourth-order valence-corrected chi connectivity index (χ4v) is 3.75. The van der Waals surface area contributed by atoms with Gasteiger partial charge in [-0.15, -0.1) is 0 Å². The average Bonchev–Trinajstić information content (AvgIpc) is 3.18. The predicted octanol–water partition coefficient (Wildman–Crippen LogP) is 3.91. The molecular weight excluding hydrogens is 392 g/mol. The number of hydrogen-bond donors (Lipinski definition) is 5. The number of pyridine rings is 2. The first-order chi connectivity index (χ1) is 15.1. The molecule has 0 bridgehead atoms. The molecule has 154 valence electrons. The van der Waals surface area contributed by atoms with E-state index in [9.17, 15) is 9.59 Å². The standard InChI is InChI=1S/C23H20N6O2/c1-13-18-19-17(11-12-24-21(19)27-23(31)20(18)29-28-13)25-15-7-9-16(10-8-15)26-22(30)14-5-3-2-4-6-14/h2-13,28-29H,1H3,(H,26,30)(H2,24,25,27,31). The fourth-order valence-electron chi connectivity index (χ4n) is 3.75. The number of amides is 1. The molecular formula is C23H20N6O2. The minimum Gasteiger partial charge on any atom is -0.355 e. The number of nitrogens with one attached hydrogen (secondary N) is 5. The summed E-state index contributed by atoms with van der Waals surface area (Å²) in [5.74, 6) is -0.157. The largest absolute Gasteiger partial charge is 0.355 e. The van der Waals surface area contributed by atoms with E-state index in [0.29, 0.717) is 22.6 Å². The first-order valence-electron chi connectivity index (χ1n) is 9.90.